The van der Waals surface area contributed by atoms with Crippen LogP contribution in [0.25, 0.3) is 5.95 Å². The van der Waals surface area contributed by atoms with E-state index >= 15 is 0 Å². The van der Waals surface area contributed by atoms with Gasteiger partial charge < -0.3 is 15.6 Å². The van der Waals surface area contributed by atoms with Gasteiger partial charge in [-0.3, -0.25) is 0 Å². The van der Waals surface area contributed by atoms with Crippen molar-refractivity contribution < 1.29 is 14.6 Å². The fraction of sp³-hybridized carbons (Fsp3) is 0.273. The predicted octanol–water partition coefficient (Wildman–Crippen LogP) is 0.730. The van der Waals surface area contributed by atoms with Gasteiger partial charge in [0, 0.05) is 12.3 Å². The van der Waals surface area contributed by atoms with E-state index in [9.17, 15) is 4.79 Å². The van der Waals surface area contributed by atoms with E-state index in [-0.39, 0.29) is 23.4 Å². The van der Waals surface area contributed by atoms with Gasteiger partial charge in [-0.1, -0.05) is 0 Å². The summed E-state index contributed by atoms with van der Waals surface area (Å²) in [6.45, 7) is 3.74. The number of rotatable bonds is 4. The monoisotopic (exact) mass is 263 g/mol. The zero-order valence-corrected chi connectivity index (χ0v) is 10.4. The maximum Gasteiger partial charge on any atom is 0.358 e. The summed E-state index contributed by atoms with van der Waals surface area (Å²) in [7, 11) is 0. The van der Waals surface area contributed by atoms with Gasteiger partial charge in [-0.2, -0.15) is 10.1 Å². The molecule has 0 fully saturated rings. The SMILES string of the molecule is CC(C)Oc1ccnc(-n2cc(N)c(C(=O)O)n2)n1. The predicted molar refractivity (Wildman–Crippen MR) is 66.3 cm³/mol. The molecule has 8 nitrogen and oxygen atoms in total. The van der Waals surface area contributed by atoms with Gasteiger partial charge >= 0.3 is 5.97 Å². The number of carboxylic acids is 1. The standard InChI is InChI=1S/C11H13N5O3/c1-6(2)19-8-3-4-13-11(14-8)16-5-7(12)9(15-16)10(17)18/h3-6H,12H2,1-2H3,(H,17,18). The highest BCUT2D eigenvalue weighted by Crippen LogP contribution is 2.14. The number of nitrogen functional groups attached to an aromatic ring is 1. The van der Waals surface area contributed by atoms with Crippen LogP contribution in [0, 0.1) is 0 Å². The van der Waals surface area contributed by atoms with Crippen molar-refractivity contribution in [1.29, 1.82) is 0 Å². The van der Waals surface area contributed by atoms with Gasteiger partial charge in [0.25, 0.3) is 5.95 Å². The fourth-order valence-electron chi connectivity index (χ4n) is 1.41. The molecule has 0 radical (unpaired) electrons. The molecule has 3 N–H and O–H groups in total. The van der Waals surface area contributed by atoms with Crippen molar-refractivity contribution in [1.82, 2.24) is 19.7 Å². The molecule has 0 atom stereocenters. The van der Waals surface area contributed by atoms with Crippen LogP contribution < -0.4 is 10.5 Å². The van der Waals surface area contributed by atoms with E-state index in [1.54, 1.807) is 6.07 Å². The zero-order valence-electron chi connectivity index (χ0n) is 10.4. The van der Waals surface area contributed by atoms with E-state index < -0.39 is 5.97 Å². The number of aromatic carboxylic acids is 1. The lowest BCUT2D eigenvalue weighted by atomic mass is 10.4. The van der Waals surface area contributed by atoms with Crippen molar-refractivity contribution in [3.05, 3.63) is 24.2 Å². The molecule has 0 saturated carbocycles. The quantitative estimate of drug-likeness (QED) is 0.835. The molecule has 0 spiro atoms. The number of anilines is 1. The van der Waals surface area contributed by atoms with Crippen LogP contribution in [0.5, 0.6) is 5.88 Å². The normalized spacial score (nSPS) is 10.7. The average molecular weight is 263 g/mol. The summed E-state index contributed by atoms with van der Waals surface area (Å²) in [6.07, 6.45) is 2.82. The van der Waals surface area contributed by atoms with Crippen LogP contribution in [-0.2, 0) is 0 Å². The van der Waals surface area contributed by atoms with Crippen molar-refractivity contribution in [2.24, 2.45) is 0 Å². The van der Waals surface area contributed by atoms with Crippen LogP contribution in [0.4, 0.5) is 5.69 Å². The fourth-order valence-corrected chi connectivity index (χ4v) is 1.41. The molecule has 2 aromatic rings. The summed E-state index contributed by atoms with van der Waals surface area (Å²) < 4.78 is 6.62. The second-order valence-electron chi connectivity index (χ2n) is 4.04. The molecule has 0 unspecified atom stereocenters. The lowest BCUT2D eigenvalue weighted by molar-refractivity contribution is 0.0691. The second-order valence-corrected chi connectivity index (χ2v) is 4.04. The van der Waals surface area contributed by atoms with Crippen molar-refractivity contribution in [3.8, 4) is 11.8 Å². The van der Waals surface area contributed by atoms with E-state index in [2.05, 4.69) is 15.1 Å². The lowest BCUT2D eigenvalue weighted by Crippen LogP contribution is -2.10. The number of carboxylic acid groups (broad SMARTS) is 1. The Hall–Kier alpha value is -2.64. The number of hydrogen-bond acceptors (Lipinski definition) is 6. The molecule has 2 heterocycles. The highest BCUT2D eigenvalue weighted by molar-refractivity contribution is 5.91. The highest BCUT2D eigenvalue weighted by Gasteiger charge is 2.15. The number of carbonyl (C=O) groups is 1. The molecule has 0 bridgehead atoms. The molecule has 100 valence electrons. The number of aromatic nitrogens is 4. The minimum atomic E-state index is -1.20. The molecule has 2 aromatic heterocycles. The largest absolute Gasteiger partial charge is 0.476 e. The van der Waals surface area contributed by atoms with E-state index in [1.807, 2.05) is 13.8 Å². The Morgan fingerprint density at radius 2 is 2.26 bits per heavy atom. The van der Waals surface area contributed by atoms with Crippen LogP contribution in [-0.4, -0.2) is 36.9 Å². The smallest absolute Gasteiger partial charge is 0.358 e. The third-order valence-electron chi connectivity index (χ3n) is 2.12. The van der Waals surface area contributed by atoms with Crippen molar-refractivity contribution in [2.45, 2.75) is 20.0 Å². The Kier molecular flexibility index (Phi) is 3.32. The number of nitrogens with zero attached hydrogens (tertiary/aromatic N) is 4. The number of nitrogens with two attached hydrogens (primary N) is 1. The Balaban J connectivity index is 2.36. The Morgan fingerprint density at radius 3 is 2.84 bits per heavy atom. The second kappa shape index (κ2) is 4.92. The summed E-state index contributed by atoms with van der Waals surface area (Å²) >= 11 is 0. The zero-order chi connectivity index (χ0) is 14.0. The first-order chi connectivity index (χ1) is 8.97. The third-order valence-corrected chi connectivity index (χ3v) is 2.12. The molecule has 8 heteroatoms. The van der Waals surface area contributed by atoms with Crippen LogP contribution in [0.1, 0.15) is 24.3 Å². The van der Waals surface area contributed by atoms with Gasteiger partial charge in [0.05, 0.1) is 18.0 Å². The van der Waals surface area contributed by atoms with E-state index in [1.165, 1.54) is 17.1 Å². The molecule has 0 aliphatic heterocycles. The first-order valence-electron chi connectivity index (χ1n) is 5.56. The first kappa shape index (κ1) is 12.8. The van der Waals surface area contributed by atoms with Gasteiger partial charge in [-0.25, -0.2) is 14.5 Å². The van der Waals surface area contributed by atoms with Gasteiger partial charge in [0.1, 0.15) is 0 Å². The molecule has 0 amide bonds. The van der Waals surface area contributed by atoms with Gasteiger partial charge in [-0.15, -0.1) is 0 Å². The van der Waals surface area contributed by atoms with E-state index in [0.29, 0.717) is 5.88 Å². The summed E-state index contributed by atoms with van der Waals surface area (Å²) in [5, 5.41) is 12.7. The molecular formula is C11H13N5O3. The van der Waals surface area contributed by atoms with Crippen LogP contribution in [0.15, 0.2) is 18.5 Å². The molecule has 0 aromatic carbocycles. The molecule has 2 rings (SSSR count). The maximum absolute atomic E-state index is 10.9. The minimum Gasteiger partial charge on any atom is -0.476 e. The molecule has 0 aliphatic carbocycles. The first-order valence-corrected chi connectivity index (χ1v) is 5.56. The summed E-state index contributed by atoms with van der Waals surface area (Å²) in [5.74, 6) is -0.630. The summed E-state index contributed by atoms with van der Waals surface area (Å²) in [5.41, 5.74) is 5.36. The molecule has 0 saturated heterocycles. The topological polar surface area (TPSA) is 116 Å². The molecule has 0 aliphatic rings. The van der Waals surface area contributed by atoms with E-state index in [4.69, 9.17) is 15.6 Å². The van der Waals surface area contributed by atoms with E-state index in [0.717, 1.165) is 0 Å². The highest BCUT2D eigenvalue weighted by atomic mass is 16.5. The lowest BCUT2D eigenvalue weighted by Gasteiger charge is -2.08. The molecular weight excluding hydrogens is 250 g/mol. The maximum atomic E-state index is 10.9. The molecule has 19 heavy (non-hydrogen) atoms. The Morgan fingerprint density at radius 1 is 1.53 bits per heavy atom. The van der Waals surface area contributed by atoms with Crippen LogP contribution >= 0.6 is 0 Å². The van der Waals surface area contributed by atoms with Gasteiger partial charge in [0.15, 0.2) is 5.69 Å². The number of hydrogen-bond donors (Lipinski definition) is 2. The Bertz CT molecular complexity index is 608. The van der Waals surface area contributed by atoms with Crippen molar-refractivity contribution in [2.75, 3.05) is 5.73 Å². The van der Waals surface area contributed by atoms with Crippen molar-refractivity contribution >= 4 is 11.7 Å². The number of ether oxygens (including phenoxy) is 1. The van der Waals surface area contributed by atoms with Crippen LogP contribution in [0.3, 0.4) is 0 Å². The van der Waals surface area contributed by atoms with Gasteiger partial charge in [0.2, 0.25) is 5.88 Å². The van der Waals surface area contributed by atoms with Crippen molar-refractivity contribution in [3.63, 3.8) is 0 Å². The minimum absolute atomic E-state index is 0.0278. The van der Waals surface area contributed by atoms with Crippen LogP contribution in [0.2, 0.25) is 0 Å². The third kappa shape index (κ3) is 2.79. The Labute approximate surface area is 108 Å². The summed E-state index contributed by atoms with van der Waals surface area (Å²) in [4.78, 5) is 19.0. The average Bonchev–Trinajstić information content (AvgIpc) is 2.71. The van der Waals surface area contributed by atoms with Gasteiger partial charge in [-0.05, 0) is 13.8 Å². The summed E-state index contributed by atoms with van der Waals surface area (Å²) in [6, 6.07) is 1.61.